The quantitative estimate of drug-likeness (QED) is 0.607. The summed E-state index contributed by atoms with van der Waals surface area (Å²) in [7, 11) is 3.74. The first-order chi connectivity index (χ1) is 11.3. The fraction of sp³-hybridized carbons (Fsp3) is 0.688. The second-order valence-corrected chi connectivity index (χ2v) is 8.66. The third-order valence-corrected chi connectivity index (χ3v) is 7.24. The predicted octanol–water partition coefficient (Wildman–Crippen LogP) is 0.640. The van der Waals surface area contributed by atoms with Gasteiger partial charge in [-0.3, -0.25) is 9.13 Å². The van der Waals surface area contributed by atoms with Crippen molar-refractivity contribution in [2.75, 3.05) is 0 Å². The molecular formula is C16H20BClN4O2. The molecule has 4 bridgehead atoms. The van der Waals surface area contributed by atoms with Gasteiger partial charge in [0.05, 0.1) is 11.7 Å². The number of rotatable bonds is 1. The number of aryl methyl sites for hydroxylation is 1. The van der Waals surface area contributed by atoms with E-state index in [9.17, 15) is 9.90 Å². The van der Waals surface area contributed by atoms with Crippen molar-refractivity contribution in [3.63, 3.8) is 0 Å². The summed E-state index contributed by atoms with van der Waals surface area (Å²) in [5.74, 6) is 1.09. The summed E-state index contributed by atoms with van der Waals surface area (Å²) >= 11 is 6.02. The first-order valence-electron chi connectivity index (χ1n) is 8.65. The van der Waals surface area contributed by atoms with Crippen molar-refractivity contribution in [2.45, 2.75) is 43.1 Å². The van der Waals surface area contributed by atoms with E-state index in [1.807, 2.05) is 12.4 Å². The first kappa shape index (κ1) is 15.0. The van der Waals surface area contributed by atoms with Crippen LogP contribution < -0.4 is 5.69 Å². The van der Waals surface area contributed by atoms with Crippen molar-refractivity contribution in [2.24, 2.45) is 24.8 Å². The number of hydrogen-bond acceptors (Lipinski definition) is 4. The molecule has 0 aliphatic heterocycles. The maximum Gasteiger partial charge on any atom is 0.330 e. The molecule has 2 aromatic heterocycles. The Morgan fingerprint density at radius 2 is 2.00 bits per heavy atom. The van der Waals surface area contributed by atoms with Gasteiger partial charge >= 0.3 is 5.69 Å². The molecule has 6 rings (SSSR count). The predicted molar refractivity (Wildman–Crippen MR) is 92.8 cm³/mol. The topological polar surface area (TPSA) is 72.9 Å². The molecule has 2 atom stereocenters. The molecule has 0 amide bonds. The zero-order valence-corrected chi connectivity index (χ0v) is 14.6. The van der Waals surface area contributed by atoms with E-state index in [0.717, 1.165) is 32.1 Å². The van der Waals surface area contributed by atoms with Gasteiger partial charge in [0.2, 0.25) is 5.28 Å². The third-order valence-electron chi connectivity index (χ3n) is 7.06. The van der Waals surface area contributed by atoms with E-state index in [2.05, 4.69) is 9.97 Å². The van der Waals surface area contributed by atoms with E-state index in [1.54, 1.807) is 17.8 Å². The van der Waals surface area contributed by atoms with Crippen molar-refractivity contribution >= 4 is 30.6 Å². The summed E-state index contributed by atoms with van der Waals surface area (Å²) < 4.78 is 3.48. The molecule has 2 aromatic rings. The summed E-state index contributed by atoms with van der Waals surface area (Å²) in [5.41, 5.74) is 0.438. The van der Waals surface area contributed by atoms with Crippen LogP contribution in [0.3, 0.4) is 0 Å². The van der Waals surface area contributed by atoms with E-state index in [-0.39, 0.29) is 28.3 Å². The summed E-state index contributed by atoms with van der Waals surface area (Å²) in [6.07, 6.45) is 6.44. The number of hydrogen-bond donors (Lipinski definition) is 1. The van der Waals surface area contributed by atoms with Gasteiger partial charge in [0.1, 0.15) is 13.4 Å². The lowest BCUT2D eigenvalue weighted by Crippen LogP contribution is -2.65. The maximum absolute atomic E-state index is 13.0. The zero-order valence-electron chi connectivity index (χ0n) is 13.9. The van der Waals surface area contributed by atoms with E-state index >= 15 is 0 Å². The number of fused-ring (bicyclic) bond motifs is 1. The van der Waals surface area contributed by atoms with Crippen LogP contribution in [-0.2, 0) is 12.6 Å². The molecule has 2 heterocycles. The second-order valence-electron chi connectivity index (χ2n) is 8.32. The summed E-state index contributed by atoms with van der Waals surface area (Å²) in [6, 6.07) is 0. The highest BCUT2D eigenvalue weighted by molar-refractivity contribution is 6.28. The van der Waals surface area contributed by atoms with Gasteiger partial charge < -0.3 is 5.11 Å². The molecule has 126 valence electrons. The van der Waals surface area contributed by atoms with Crippen molar-refractivity contribution in [1.82, 2.24) is 19.1 Å². The minimum Gasteiger partial charge on any atom is -0.398 e. The maximum atomic E-state index is 13.0. The number of aliphatic hydroxyl groups is 1. The number of aromatic nitrogens is 4. The Hall–Kier alpha value is -1.34. The minimum absolute atomic E-state index is 0.0526. The van der Waals surface area contributed by atoms with Crippen LogP contribution in [0.2, 0.25) is 5.28 Å². The molecule has 4 fully saturated rings. The number of nitrogens with zero attached hydrogens (tertiary/aromatic N) is 4. The SMILES string of the molecule is BC1(O)C2CC3CC1CC(n1c(=O)n(C)c4cnc(Cl)nc41)(C3)C2. The van der Waals surface area contributed by atoms with E-state index in [1.165, 1.54) is 0 Å². The Morgan fingerprint density at radius 3 is 2.67 bits per heavy atom. The van der Waals surface area contributed by atoms with Crippen molar-refractivity contribution in [3.05, 3.63) is 22.0 Å². The molecule has 0 saturated heterocycles. The van der Waals surface area contributed by atoms with Crippen LogP contribution in [0.1, 0.15) is 32.1 Å². The van der Waals surface area contributed by atoms with Gasteiger partial charge in [-0.2, -0.15) is 4.98 Å². The Balaban J connectivity index is 1.76. The van der Waals surface area contributed by atoms with E-state index in [0.29, 0.717) is 17.1 Å². The second kappa shape index (κ2) is 4.44. The summed E-state index contributed by atoms with van der Waals surface area (Å²) in [4.78, 5) is 21.4. The van der Waals surface area contributed by atoms with Crippen molar-refractivity contribution < 1.29 is 5.11 Å². The van der Waals surface area contributed by atoms with Gasteiger partial charge in [-0.15, -0.1) is 0 Å². The minimum atomic E-state index is -0.610. The molecule has 4 aliphatic carbocycles. The fourth-order valence-electron chi connectivity index (χ4n) is 5.95. The molecule has 2 unspecified atom stereocenters. The Morgan fingerprint density at radius 1 is 1.33 bits per heavy atom. The van der Waals surface area contributed by atoms with Crippen LogP contribution in [0.5, 0.6) is 0 Å². The lowest BCUT2D eigenvalue weighted by molar-refractivity contribution is -0.151. The van der Waals surface area contributed by atoms with Crippen LogP contribution in [0.4, 0.5) is 0 Å². The normalized spacial score (nSPS) is 40.5. The molecular weight excluding hydrogens is 326 g/mol. The van der Waals surface area contributed by atoms with Gasteiger partial charge in [0.15, 0.2) is 5.65 Å². The molecule has 4 aliphatic rings. The Kier molecular flexibility index (Phi) is 2.77. The molecule has 1 N–H and O–H groups in total. The summed E-state index contributed by atoms with van der Waals surface area (Å²) in [6.45, 7) is 0. The number of imidazole rings is 1. The largest absolute Gasteiger partial charge is 0.398 e. The van der Waals surface area contributed by atoms with Gasteiger partial charge in [-0.1, -0.05) is 0 Å². The molecule has 0 radical (unpaired) electrons. The van der Waals surface area contributed by atoms with Crippen molar-refractivity contribution in [1.29, 1.82) is 0 Å². The van der Waals surface area contributed by atoms with Gasteiger partial charge in [0.25, 0.3) is 0 Å². The molecule has 4 saturated carbocycles. The van der Waals surface area contributed by atoms with Crippen LogP contribution >= 0.6 is 11.6 Å². The number of halogens is 1. The molecule has 6 nitrogen and oxygen atoms in total. The molecule has 8 heteroatoms. The lowest BCUT2D eigenvalue weighted by Gasteiger charge is -2.63. The smallest absolute Gasteiger partial charge is 0.330 e. The third kappa shape index (κ3) is 1.69. The van der Waals surface area contributed by atoms with Crippen LogP contribution in [0.25, 0.3) is 11.2 Å². The summed E-state index contributed by atoms with van der Waals surface area (Å²) in [5, 5.41) is 11.1. The van der Waals surface area contributed by atoms with Gasteiger partial charge in [-0.25, -0.2) is 9.78 Å². The standard InChI is InChI=1S/C16H20BClN4O2/c1-21-11-7-19-13(18)20-12(11)22(14(21)23)15-4-8-2-9(5-15)16(17,24)10(3-8)6-15/h7-10,24H,2-6,17H2,1H3. The average molecular weight is 347 g/mol. The van der Waals surface area contributed by atoms with Crippen molar-refractivity contribution in [3.8, 4) is 0 Å². The fourth-order valence-corrected chi connectivity index (χ4v) is 6.08. The highest BCUT2D eigenvalue weighted by atomic mass is 35.5. The molecule has 0 aromatic carbocycles. The van der Waals surface area contributed by atoms with E-state index < -0.39 is 5.50 Å². The van der Waals surface area contributed by atoms with Crippen LogP contribution in [-0.4, -0.2) is 37.6 Å². The Bertz CT molecular complexity index is 903. The molecule has 24 heavy (non-hydrogen) atoms. The van der Waals surface area contributed by atoms with Gasteiger partial charge in [0, 0.05) is 12.5 Å². The van der Waals surface area contributed by atoms with E-state index in [4.69, 9.17) is 11.6 Å². The van der Waals surface area contributed by atoms with Crippen LogP contribution in [0, 0.1) is 17.8 Å². The highest BCUT2D eigenvalue weighted by Crippen LogP contribution is 2.61. The highest BCUT2D eigenvalue weighted by Gasteiger charge is 2.61. The van der Waals surface area contributed by atoms with Gasteiger partial charge in [-0.05, 0) is 61.5 Å². The molecule has 0 spiro atoms. The first-order valence-corrected chi connectivity index (χ1v) is 9.02. The monoisotopic (exact) mass is 346 g/mol. The zero-order chi connectivity index (χ0) is 16.9. The lowest BCUT2D eigenvalue weighted by atomic mass is 9.42. The Labute approximate surface area is 145 Å². The van der Waals surface area contributed by atoms with Crippen LogP contribution in [0.15, 0.2) is 11.0 Å². The average Bonchev–Trinajstić information content (AvgIpc) is 2.76.